The van der Waals surface area contributed by atoms with Gasteiger partial charge in [0.2, 0.25) is 0 Å². The number of aromatic nitrogens is 3. The van der Waals surface area contributed by atoms with Crippen molar-refractivity contribution in [1.82, 2.24) is 14.8 Å². The van der Waals surface area contributed by atoms with Crippen LogP contribution in [-0.4, -0.2) is 26.2 Å². The number of non-ortho nitro benzene ring substituents is 1. The summed E-state index contributed by atoms with van der Waals surface area (Å²) in [7, 11) is 0. The van der Waals surface area contributed by atoms with Gasteiger partial charge in [0.15, 0.2) is 0 Å². The third-order valence-electron chi connectivity index (χ3n) is 4.34. The summed E-state index contributed by atoms with van der Waals surface area (Å²) in [5.41, 5.74) is 3.71. The number of anilines is 1. The van der Waals surface area contributed by atoms with Gasteiger partial charge >= 0.3 is 0 Å². The number of benzene rings is 1. The maximum atomic E-state index is 10.9. The summed E-state index contributed by atoms with van der Waals surface area (Å²) in [5, 5.41) is 19.1. The van der Waals surface area contributed by atoms with E-state index < -0.39 is 4.92 Å². The van der Waals surface area contributed by atoms with Crippen molar-refractivity contribution in [2.75, 3.05) is 11.9 Å². The predicted molar refractivity (Wildman–Crippen MR) is 94.9 cm³/mol. The predicted octanol–water partition coefficient (Wildman–Crippen LogP) is 3.59. The second-order valence-corrected chi connectivity index (χ2v) is 5.96. The fourth-order valence-electron chi connectivity index (χ4n) is 3.11. The van der Waals surface area contributed by atoms with E-state index in [9.17, 15) is 10.1 Å². The van der Waals surface area contributed by atoms with E-state index in [4.69, 9.17) is 5.10 Å². The number of nitro groups is 1. The van der Waals surface area contributed by atoms with Gasteiger partial charge in [-0.2, -0.15) is 5.10 Å². The highest BCUT2D eigenvalue weighted by atomic mass is 16.6. The molecular formula is C18H17N5O2. The highest BCUT2D eigenvalue weighted by molar-refractivity contribution is 5.69. The zero-order valence-corrected chi connectivity index (χ0v) is 13.6. The Morgan fingerprint density at radius 1 is 1.12 bits per heavy atom. The minimum absolute atomic E-state index is 0.0694. The van der Waals surface area contributed by atoms with E-state index in [1.165, 1.54) is 12.1 Å². The zero-order chi connectivity index (χ0) is 17.2. The smallest absolute Gasteiger partial charge is 0.269 e. The summed E-state index contributed by atoms with van der Waals surface area (Å²) >= 11 is 0. The lowest BCUT2D eigenvalue weighted by molar-refractivity contribution is -0.384. The van der Waals surface area contributed by atoms with Crippen molar-refractivity contribution in [3.8, 4) is 17.1 Å². The molecule has 1 N–H and O–H groups in total. The van der Waals surface area contributed by atoms with Gasteiger partial charge in [-0.25, -0.2) is 4.68 Å². The van der Waals surface area contributed by atoms with E-state index in [0.717, 1.165) is 54.3 Å². The minimum atomic E-state index is -0.398. The first-order valence-electron chi connectivity index (χ1n) is 8.26. The zero-order valence-electron chi connectivity index (χ0n) is 13.6. The van der Waals surface area contributed by atoms with E-state index in [1.807, 2.05) is 22.9 Å². The molecule has 7 heteroatoms. The number of nitro benzene ring substituents is 1. The first kappa shape index (κ1) is 15.3. The Labute approximate surface area is 144 Å². The van der Waals surface area contributed by atoms with Crippen LogP contribution in [0, 0.1) is 10.1 Å². The van der Waals surface area contributed by atoms with Crippen LogP contribution < -0.4 is 5.32 Å². The SMILES string of the molecule is O=[N+]([O-])c1ccc(-n2nc(-c3ccccn3)c3c2NCCCC3)cc1. The molecule has 1 aromatic carbocycles. The van der Waals surface area contributed by atoms with Crippen molar-refractivity contribution in [3.63, 3.8) is 0 Å². The van der Waals surface area contributed by atoms with Crippen LogP contribution in [0.4, 0.5) is 11.5 Å². The number of hydrogen-bond donors (Lipinski definition) is 1. The number of nitrogens with one attached hydrogen (secondary N) is 1. The Kier molecular flexibility index (Phi) is 3.89. The molecule has 3 aromatic rings. The molecule has 3 heterocycles. The van der Waals surface area contributed by atoms with Crippen LogP contribution in [-0.2, 0) is 6.42 Å². The van der Waals surface area contributed by atoms with Gasteiger partial charge in [-0.1, -0.05) is 6.07 Å². The number of hydrogen-bond acceptors (Lipinski definition) is 5. The molecule has 0 aliphatic carbocycles. The molecule has 0 bridgehead atoms. The topological polar surface area (TPSA) is 85.9 Å². The van der Waals surface area contributed by atoms with E-state index in [1.54, 1.807) is 18.3 Å². The van der Waals surface area contributed by atoms with E-state index in [2.05, 4.69) is 10.3 Å². The summed E-state index contributed by atoms with van der Waals surface area (Å²) in [5.74, 6) is 0.951. The van der Waals surface area contributed by atoms with Crippen molar-refractivity contribution < 1.29 is 4.92 Å². The van der Waals surface area contributed by atoms with Crippen LogP contribution in [0.25, 0.3) is 17.1 Å². The average molecular weight is 335 g/mol. The van der Waals surface area contributed by atoms with Gasteiger partial charge in [-0.05, 0) is 43.5 Å². The second-order valence-electron chi connectivity index (χ2n) is 5.96. The number of fused-ring (bicyclic) bond motifs is 1. The van der Waals surface area contributed by atoms with Crippen LogP contribution in [0.15, 0.2) is 48.7 Å². The number of pyridine rings is 1. The minimum Gasteiger partial charge on any atom is -0.370 e. The molecule has 0 saturated carbocycles. The molecule has 126 valence electrons. The second kappa shape index (κ2) is 6.35. The normalized spacial score (nSPS) is 13.6. The van der Waals surface area contributed by atoms with Crippen molar-refractivity contribution >= 4 is 11.5 Å². The molecule has 1 aliphatic heterocycles. The molecule has 0 spiro atoms. The lowest BCUT2D eigenvalue weighted by Crippen LogP contribution is -2.07. The van der Waals surface area contributed by atoms with Crippen LogP contribution in [0.1, 0.15) is 18.4 Å². The van der Waals surface area contributed by atoms with Crippen molar-refractivity contribution in [2.45, 2.75) is 19.3 Å². The molecule has 2 aromatic heterocycles. The number of rotatable bonds is 3. The molecule has 0 atom stereocenters. The molecule has 0 radical (unpaired) electrons. The maximum Gasteiger partial charge on any atom is 0.269 e. The van der Waals surface area contributed by atoms with Crippen LogP contribution >= 0.6 is 0 Å². The molecular weight excluding hydrogens is 318 g/mol. The first-order valence-corrected chi connectivity index (χ1v) is 8.26. The largest absolute Gasteiger partial charge is 0.370 e. The van der Waals surface area contributed by atoms with Crippen molar-refractivity contribution in [3.05, 3.63) is 64.3 Å². The summed E-state index contributed by atoms with van der Waals surface area (Å²) in [6, 6.07) is 12.2. The van der Waals surface area contributed by atoms with Gasteiger partial charge in [-0.15, -0.1) is 0 Å². The first-order chi connectivity index (χ1) is 12.2. The highest BCUT2D eigenvalue weighted by Gasteiger charge is 2.22. The lowest BCUT2D eigenvalue weighted by atomic mass is 10.1. The van der Waals surface area contributed by atoms with Gasteiger partial charge < -0.3 is 5.32 Å². The fraction of sp³-hybridized carbons (Fsp3) is 0.222. The molecule has 1 aliphatic rings. The Bertz CT molecular complexity index is 903. The summed E-state index contributed by atoms with van der Waals surface area (Å²) < 4.78 is 1.83. The van der Waals surface area contributed by atoms with Crippen molar-refractivity contribution in [1.29, 1.82) is 0 Å². The lowest BCUT2D eigenvalue weighted by Gasteiger charge is -2.09. The van der Waals surface area contributed by atoms with Gasteiger partial charge in [0.05, 0.1) is 16.3 Å². The van der Waals surface area contributed by atoms with Gasteiger partial charge in [0.1, 0.15) is 11.5 Å². The Hall–Kier alpha value is -3.22. The molecule has 0 unspecified atom stereocenters. The quantitative estimate of drug-likeness (QED) is 0.584. The molecule has 4 rings (SSSR count). The van der Waals surface area contributed by atoms with Gasteiger partial charge in [0.25, 0.3) is 5.69 Å². The Morgan fingerprint density at radius 3 is 2.68 bits per heavy atom. The highest BCUT2D eigenvalue weighted by Crippen LogP contribution is 2.33. The van der Waals surface area contributed by atoms with E-state index in [-0.39, 0.29) is 5.69 Å². The Morgan fingerprint density at radius 2 is 1.96 bits per heavy atom. The third-order valence-corrected chi connectivity index (χ3v) is 4.34. The number of nitrogens with zero attached hydrogens (tertiary/aromatic N) is 4. The standard InChI is InChI=1S/C18H17N5O2/c24-23(25)14-9-7-13(8-10-14)22-18-15(5-1-3-12-20-18)17(21-22)16-6-2-4-11-19-16/h2,4,6-11,20H,1,3,5,12H2. The Balaban J connectivity index is 1.85. The molecule has 7 nitrogen and oxygen atoms in total. The van der Waals surface area contributed by atoms with Crippen LogP contribution in [0.3, 0.4) is 0 Å². The van der Waals surface area contributed by atoms with Gasteiger partial charge in [0, 0.05) is 30.4 Å². The molecule has 25 heavy (non-hydrogen) atoms. The maximum absolute atomic E-state index is 10.9. The molecule has 0 saturated heterocycles. The van der Waals surface area contributed by atoms with Gasteiger partial charge in [-0.3, -0.25) is 15.1 Å². The monoisotopic (exact) mass is 335 g/mol. The van der Waals surface area contributed by atoms with Crippen LogP contribution in [0.5, 0.6) is 0 Å². The molecule has 0 amide bonds. The van der Waals surface area contributed by atoms with Crippen molar-refractivity contribution in [2.24, 2.45) is 0 Å². The molecule has 0 fully saturated rings. The summed E-state index contributed by atoms with van der Waals surface area (Å²) in [4.78, 5) is 14.9. The third kappa shape index (κ3) is 2.84. The van der Waals surface area contributed by atoms with E-state index >= 15 is 0 Å². The summed E-state index contributed by atoms with van der Waals surface area (Å²) in [6.07, 6.45) is 4.88. The summed E-state index contributed by atoms with van der Waals surface area (Å²) in [6.45, 7) is 0.882. The average Bonchev–Trinajstić information content (AvgIpc) is 2.84. The fourth-order valence-corrected chi connectivity index (χ4v) is 3.11. The van der Waals surface area contributed by atoms with E-state index in [0.29, 0.717) is 0 Å². The van der Waals surface area contributed by atoms with Crippen LogP contribution in [0.2, 0.25) is 0 Å².